The van der Waals surface area contributed by atoms with Gasteiger partial charge in [-0.2, -0.15) is 0 Å². The van der Waals surface area contributed by atoms with Crippen molar-refractivity contribution in [1.82, 2.24) is 4.98 Å². The fourth-order valence-electron chi connectivity index (χ4n) is 8.68. The average Bonchev–Trinajstić information content (AvgIpc) is 3.08. The zero-order valence-electron chi connectivity index (χ0n) is 21.5. The Balaban J connectivity index is 1.47. The van der Waals surface area contributed by atoms with E-state index >= 15 is 0 Å². The molecule has 0 aromatic carbocycles. The van der Waals surface area contributed by atoms with E-state index in [9.17, 15) is 4.79 Å². The molecule has 0 radical (unpaired) electrons. The Labute approximate surface area is 200 Å². The number of esters is 1. The van der Waals surface area contributed by atoms with E-state index in [1.807, 2.05) is 0 Å². The van der Waals surface area contributed by atoms with Crippen molar-refractivity contribution < 1.29 is 9.53 Å². The normalized spacial score (nSPS) is 36.8. The predicted molar refractivity (Wildman–Crippen MR) is 133 cm³/mol. The summed E-state index contributed by atoms with van der Waals surface area (Å²) in [5.41, 5.74) is 8.44. The molecule has 3 nitrogen and oxygen atoms in total. The molecule has 0 saturated heterocycles. The number of allylic oxidation sites excluding steroid dienone is 1. The molecule has 0 amide bonds. The molecule has 2 fully saturated rings. The van der Waals surface area contributed by atoms with Crippen LogP contribution in [-0.2, 0) is 34.2 Å². The highest BCUT2D eigenvalue weighted by atomic mass is 16.5. The summed E-state index contributed by atoms with van der Waals surface area (Å²) in [7, 11) is 0. The van der Waals surface area contributed by atoms with Crippen LogP contribution in [0.15, 0.2) is 17.8 Å². The molecule has 0 aliphatic heterocycles. The van der Waals surface area contributed by atoms with Gasteiger partial charge in [0.1, 0.15) is 6.10 Å². The molecular formula is C30H43NO2. The summed E-state index contributed by atoms with van der Waals surface area (Å²) < 4.78 is 5.63. The van der Waals surface area contributed by atoms with Gasteiger partial charge in [0.2, 0.25) is 0 Å². The van der Waals surface area contributed by atoms with E-state index in [1.54, 1.807) is 29.2 Å². The minimum absolute atomic E-state index is 0.0858. The Morgan fingerprint density at radius 3 is 2.55 bits per heavy atom. The van der Waals surface area contributed by atoms with Crippen molar-refractivity contribution in [3.8, 4) is 0 Å². The molecule has 33 heavy (non-hydrogen) atoms. The third kappa shape index (κ3) is 3.60. The van der Waals surface area contributed by atoms with Gasteiger partial charge in [0.05, 0.1) is 0 Å². The van der Waals surface area contributed by atoms with Gasteiger partial charge in [0.25, 0.3) is 0 Å². The molecular weight excluding hydrogens is 406 g/mol. The van der Waals surface area contributed by atoms with Gasteiger partial charge in [-0.3, -0.25) is 9.78 Å². The zero-order chi connectivity index (χ0) is 23.4. The number of aryl methyl sites for hydroxylation is 1. The van der Waals surface area contributed by atoms with Crippen molar-refractivity contribution in [2.24, 2.45) is 23.2 Å². The van der Waals surface area contributed by atoms with Crippen LogP contribution in [0.1, 0.15) is 108 Å². The van der Waals surface area contributed by atoms with Crippen LogP contribution in [0.4, 0.5) is 0 Å². The van der Waals surface area contributed by atoms with Gasteiger partial charge in [0.15, 0.2) is 0 Å². The summed E-state index contributed by atoms with van der Waals surface area (Å²) in [5.74, 6) is 2.13. The Morgan fingerprint density at radius 1 is 1.06 bits per heavy atom. The highest BCUT2D eigenvalue weighted by Crippen LogP contribution is 2.64. The van der Waals surface area contributed by atoms with E-state index in [2.05, 4.69) is 40.0 Å². The van der Waals surface area contributed by atoms with Crippen LogP contribution in [0, 0.1) is 23.2 Å². The molecule has 0 unspecified atom stereocenters. The van der Waals surface area contributed by atoms with Crippen LogP contribution in [0.3, 0.4) is 0 Å². The van der Waals surface area contributed by atoms with Crippen molar-refractivity contribution >= 4 is 5.97 Å². The highest BCUT2D eigenvalue weighted by molar-refractivity contribution is 5.66. The van der Waals surface area contributed by atoms with Crippen molar-refractivity contribution in [2.45, 2.75) is 117 Å². The summed E-state index contributed by atoms with van der Waals surface area (Å²) in [5, 5.41) is 0. The van der Waals surface area contributed by atoms with E-state index in [1.165, 1.54) is 50.6 Å². The van der Waals surface area contributed by atoms with Gasteiger partial charge in [-0.1, -0.05) is 52.2 Å². The van der Waals surface area contributed by atoms with Crippen molar-refractivity contribution in [2.75, 3.05) is 0 Å². The fourth-order valence-corrected chi connectivity index (χ4v) is 8.68. The number of hydrogen-bond donors (Lipinski definition) is 0. The first kappa shape index (κ1) is 23.1. The summed E-state index contributed by atoms with van der Waals surface area (Å²) in [6, 6.07) is 0. The van der Waals surface area contributed by atoms with Gasteiger partial charge >= 0.3 is 5.97 Å². The molecule has 180 valence electrons. The number of nitrogens with zero attached hydrogens (tertiary/aromatic N) is 1. The predicted octanol–water partition coefficient (Wildman–Crippen LogP) is 6.89. The number of ether oxygens (including phenoxy) is 1. The molecule has 4 aliphatic carbocycles. The van der Waals surface area contributed by atoms with Crippen molar-refractivity contribution in [1.29, 1.82) is 0 Å². The Kier molecular flexibility index (Phi) is 5.98. The topological polar surface area (TPSA) is 39.2 Å². The van der Waals surface area contributed by atoms with Crippen LogP contribution in [0.2, 0.25) is 0 Å². The highest BCUT2D eigenvalue weighted by Gasteiger charge is 2.58. The lowest BCUT2D eigenvalue weighted by molar-refractivity contribution is -0.148. The number of carbonyl (C=O) groups is 1. The van der Waals surface area contributed by atoms with Crippen LogP contribution in [0.5, 0.6) is 0 Å². The molecule has 0 N–H and O–H groups in total. The lowest BCUT2D eigenvalue weighted by Crippen LogP contribution is -2.51. The molecule has 6 atom stereocenters. The maximum absolute atomic E-state index is 11.5. The third-order valence-corrected chi connectivity index (χ3v) is 10.1. The van der Waals surface area contributed by atoms with Gasteiger partial charge in [-0.05, 0) is 96.6 Å². The summed E-state index contributed by atoms with van der Waals surface area (Å²) in [6.07, 6.45) is 17.8. The molecule has 1 aromatic rings. The molecule has 4 aliphatic rings. The minimum Gasteiger partial charge on any atom is -0.462 e. The van der Waals surface area contributed by atoms with E-state index in [-0.39, 0.29) is 17.5 Å². The second-order valence-electron chi connectivity index (χ2n) is 12.0. The number of aromatic nitrogens is 1. The van der Waals surface area contributed by atoms with Crippen LogP contribution < -0.4 is 0 Å². The standard InChI is InChI=1S/C30H43NO2/c1-6-8-24-27(9-7-2)31-18-20-16-26-23-11-10-21-17-22(33-19(3)32)12-14-29(21,4)25(23)13-15-30(26,5)28(20)24/h10,18,22-23,25-26H,6-9,11-17H2,1-5H3/t22-,23-,25-,26-,29-,30-/m0/s1. The Bertz CT molecular complexity index is 964. The molecule has 3 heteroatoms. The van der Waals surface area contributed by atoms with Crippen LogP contribution >= 0.6 is 0 Å². The van der Waals surface area contributed by atoms with Crippen molar-refractivity contribution in [3.63, 3.8) is 0 Å². The fraction of sp³-hybridized carbons (Fsp3) is 0.733. The zero-order valence-corrected chi connectivity index (χ0v) is 21.5. The number of hydrogen-bond acceptors (Lipinski definition) is 3. The average molecular weight is 450 g/mol. The maximum Gasteiger partial charge on any atom is 0.302 e. The van der Waals surface area contributed by atoms with E-state index < -0.39 is 0 Å². The lowest BCUT2D eigenvalue weighted by atomic mass is 9.47. The first-order valence-electron chi connectivity index (χ1n) is 13.7. The van der Waals surface area contributed by atoms with Gasteiger partial charge in [-0.15, -0.1) is 0 Å². The second kappa shape index (κ2) is 8.54. The Hall–Kier alpha value is -1.64. The van der Waals surface area contributed by atoms with Gasteiger partial charge in [-0.25, -0.2) is 0 Å². The first-order valence-corrected chi connectivity index (χ1v) is 13.7. The second-order valence-corrected chi connectivity index (χ2v) is 12.0. The van der Waals surface area contributed by atoms with E-state index in [4.69, 9.17) is 9.72 Å². The van der Waals surface area contributed by atoms with Crippen LogP contribution in [0.25, 0.3) is 0 Å². The summed E-state index contributed by atoms with van der Waals surface area (Å²) in [6.45, 7) is 11.3. The summed E-state index contributed by atoms with van der Waals surface area (Å²) in [4.78, 5) is 16.5. The minimum atomic E-state index is -0.131. The van der Waals surface area contributed by atoms with Gasteiger partial charge in [0, 0.05) is 25.2 Å². The maximum atomic E-state index is 11.5. The van der Waals surface area contributed by atoms with Crippen molar-refractivity contribution in [3.05, 3.63) is 40.2 Å². The Morgan fingerprint density at radius 2 is 1.82 bits per heavy atom. The SMILES string of the molecule is CCCc1ncc2c(c1CCC)[C@@]1(C)CC[C@H]3[C@H](CC=C4C[C@@H](OC(C)=O)CC[C@@]43C)[C@@H]1C2. The monoisotopic (exact) mass is 449 g/mol. The largest absolute Gasteiger partial charge is 0.462 e. The summed E-state index contributed by atoms with van der Waals surface area (Å²) >= 11 is 0. The molecule has 0 bridgehead atoms. The molecule has 1 heterocycles. The third-order valence-electron chi connectivity index (χ3n) is 10.1. The smallest absolute Gasteiger partial charge is 0.302 e. The van der Waals surface area contributed by atoms with Gasteiger partial charge < -0.3 is 4.74 Å². The van der Waals surface area contributed by atoms with E-state index in [0.717, 1.165) is 43.4 Å². The number of rotatable bonds is 5. The quantitative estimate of drug-likeness (QED) is 0.363. The first-order chi connectivity index (χ1) is 15.8. The molecule has 2 saturated carbocycles. The molecule has 5 rings (SSSR count). The van der Waals surface area contributed by atoms with E-state index in [0.29, 0.717) is 5.41 Å². The number of pyridine rings is 1. The number of carbonyl (C=O) groups excluding carboxylic acids is 1. The molecule has 1 aromatic heterocycles. The number of fused-ring (bicyclic) bond motifs is 7. The molecule has 0 spiro atoms. The lowest BCUT2D eigenvalue weighted by Gasteiger charge is -2.57. The van der Waals surface area contributed by atoms with Crippen LogP contribution in [-0.4, -0.2) is 17.1 Å².